The van der Waals surface area contributed by atoms with Crippen LogP contribution >= 0.6 is 0 Å². The van der Waals surface area contributed by atoms with Gasteiger partial charge in [-0.2, -0.15) is 0 Å². The normalized spacial score (nSPS) is 19.9. The predicted molar refractivity (Wildman–Crippen MR) is 91.3 cm³/mol. The van der Waals surface area contributed by atoms with Crippen molar-refractivity contribution in [3.63, 3.8) is 0 Å². The van der Waals surface area contributed by atoms with Crippen LogP contribution in [0.15, 0.2) is 18.2 Å². The second kappa shape index (κ2) is 8.17. The number of piperidine rings is 1. The maximum Gasteiger partial charge on any atom is 0.241 e. The highest BCUT2D eigenvalue weighted by Crippen LogP contribution is 2.29. The fourth-order valence-electron chi connectivity index (χ4n) is 2.92. The Morgan fingerprint density at radius 3 is 2.70 bits per heavy atom. The van der Waals surface area contributed by atoms with Crippen LogP contribution in [-0.4, -0.2) is 57.2 Å². The van der Waals surface area contributed by atoms with E-state index >= 15 is 0 Å². The topological polar surface area (TPSA) is 62.8 Å². The molecule has 0 aliphatic carbocycles. The van der Waals surface area contributed by atoms with Crippen molar-refractivity contribution in [3.8, 4) is 11.5 Å². The summed E-state index contributed by atoms with van der Waals surface area (Å²) in [4.78, 5) is 14.7. The molecule has 6 nitrogen and oxygen atoms in total. The minimum Gasteiger partial charge on any atom is -0.493 e. The average Bonchev–Trinajstić information content (AvgIpc) is 2.60. The molecular formula is C17H27N3O3. The summed E-state index contributed by atoms with van der Waals surface area (Å²) in [5.41, 5.74) is 0.710. The molecule has 2 atom stereocenters. The number of hydrogen-bond donors (Lipinski definition) is 2. The summed E-state index contributed by atoms with van der Waals surface area (Å²) in [6, 6.07) is 5.67. The molecule has 2 N–H and O–H groups in total. The van der Waals surface area contributed by atoms with Crippen molar-refractivity contribution in [3.05, 3.63) is 18.2 Å². The van der Waals surface area contributed by atoms with Gasteiger partial charge in [0.25, 0.3) is 0 Å². The summed E-state index contributed by atoms with van der Waals surface area (Å²) in [5, 5.41) is 6.26. The third-order valence-electron chi connectivity index (χ3n) is 4.44. The van der Waals surface area contributed by atoms with E-state index in [0.29, 0.717) is 23.2 Å². The van der Waals surface area contributed by atoms with Crippen LogP contribution in [0.3, 0.4) is 0 Å². The number of benzene rings is 1. The SMILES string of the molecule is CNC1CCCN(C(C)C(=O)Nc2ccc(OC)c(OC)c2)C1. The van der Waals surface area contributed by atoms with Crippen LogP contribution in [0, 0.1) is 0 Å². The van der Waals surface area contributed by atoms with E-state index in [4.69, 9.17) is 9.47 Å². The lowest BCUT2D eigenvalue weighted by Gasteiger charge is -2.35. The summed E-state index contributed by atoms with van der Waals surface area (Å²) in [6.45, 7) is 3.81. The van der Waals surface area contributed by atoms with E-state index in [1.807, 2.05) is 20.0 Å². The van der Waals surface area contributed by atoms with Crippen LogP contribution in [0.2, 0.25) is 0 Å². The van der Waals surface area contributed by atoms with Gasteiger partial charge in [0.05, 0.1) is 20.3 Å². The predicted octanol–water partition coefficient (Wildman–Crippen LogP) is 1.71. The summed E-state index contributed by atoms with van der Waals surface area (Å²) in [6.07, 6.45) is 2.27. The molecule has 0 bridgehead atoms. The zero-order valence-corrected chi connectivity index (χ0v) is 14.4. The lowest BCUT2D eigenvalue weighted by molar-refractivity contribution is -0.121. The molecule has 2 unspecified atom stereocenters. The molecule has 1 amide bonds. The molecule has 23 heavy (non-hydrogen) atoms. The van der Waals surface area contributed by atoms with E-state index in [1.54, 1.807) is 26.4 Å². The minimum atomic E-state index is -0.167. The summed E-state index contributed by atoms with van der Waals surface area (Å²) < 4.78 is 10.5. The van der Waals surface area contributed by atoms with Crippen molar-refractivity contribution in [1.29, 1.82) is 0 Å². The maximum atomic E-state index is 12.5. The van der Waals surface area contributed by atoms with Gasteiger partial charge in [-0.05, 0) is 45.5 Å². The molecule has 1 aliphatic heterocycles. The average molecular weight is 321 g/mol. The Balaban J connectivity index is 2.00. The second-order valence-corrected chi connectivity index (χ2v) is 5.86. The van der Waals surface area contributed by atoms with Crippen molar-refractivity contribution >= 4 is 11.6 Å². The number of likely N-dealkylation sites (tertiary alicyclic amines) is 1. The maximum absolute atomic E-state index is 12.5. The van der Waals surface area contributed by atoms with Gasteiger partial charge in [0.2, 0.25) is 5.91 Å². The molecule has 1 aromatic rings. The van der Waals surface area contributed by atoms with Gasteiger partial charge >= 0.3 is 0 Å². The van der Waals surface area contributed by atoms with Gasteiger partial charge in [0.15, 0.2) is 11.5 Å². The number of likely N-dealkylation sites (N-methyl/N-ethyl adjacent to an activating group) is 1. The lowest BCUT2D eigenvalue weighted by Crippen LogP contribution is -2.51. The summed E-state index contributed by atoms with van der Waals surface area (Å²) >= 11 is 0. The number of anilines is 1. The number of carbonyl (C=O) groups excluding carboxylic acids is 1. The molecular weight excluding hydrogens is 294 g/mol. The Morgan fingerprint density at radius 1 is 1.30 bits per heavy atom. The molecule has 0 radical (unpaired) electrons. The van der Waals surface area contributed by atoms with Gasteiger partial charge in [-0.3, -0.25) is 9.69 Å². The third-order valence-corrected chi connectivity index (χ3v) is 4.44. The number of carbonyl (C=O) groups is 1. The third kappa shape index (κ3) is 4.36. The second-order valence-electron chi connectivity index (χ2n) is 5.86. The fourth-order valence-corrected chi connectivity index (χ4v) is 2.92. The molecule has 6 heteroatoms. The van der Waals surface area contributed by atoms with E-state index in [2.05, 4.69) is 15.5 Å². The van der Waals surface area contributed by atoms with Gasteiger partial charge in [0.1, 0.15) is 0 Å². The van der Waals surface area contributed by atoms with Crippen LogP contribution in [-0.2, 0) is 4.79 Å². The van der Waals surface area contributed by atoms with Crippen molar-refractivity contribution in [1.82, 2.24) is 10.2 Å². The highest BCUT2D eigenvalue weighted by molar-refractivity contribution is 5.94. The first kappa shape index (κ1) is 17.6. The Labute approximate surface area is 138 Å². The summed E-state index contributed by atoms with van der Waals surface area (Å²) in [5.74, 6) is 1.24. The molecule has 1 heterocycles. The number of methoxy groups -OCH3 is 2. The highest BCUT2D eigenvalue weighted by atomic mass is 16.5. The number of amides is 1. The standard InChI is InChI=1S/C17H27N3O3/c1-12(20-9-5-6-14(11-20)18-2)17(21)19-13-7-8-15(22-3)16(10-13)23-4/h7-8,10,12,14,18H,5-6,9,11H2,1-4H3,(H,19,21). The van der Waals surface area contributed by atoms with Gasteiger partial charge in [-0.25, -0.2) is 0 Å². The largest absolute Gasteiger partial charge is 0.493 e. The van der Waals surface area contributed by atoms with Crippen LogP contribution in [0.1, 0.15) is 19.8 Å². The van der Waals surface area contributed by atoms with Gasteiger partial charge < -0.3 is 20.1 Å². The van der Waals surface area contributed by atoms with Gasteiger partial charge in [-0.1, -0.05) is 0 Å². The number of rotatable bonds is 6. The van der Waals surface area contributed by atoms with Crippen LogP contribution in [0.25, 0.3) is 0 Å². The monoisotopic (exact) mass is 321 g/mol. The molecule has 1 fully saturated rings. The van der Waals surface area contributed by atoms with Crippen molar-refractivity contribution < 1.29 is 14.3 Å². The van der Waals surface area contributed by atoms with E-state index in [-0.39, 0.29) is 11.9 Å². The van der Waals surface area contributed by atoms with Crippen molar-refractivity contribution in [2.45, 2.75) is 31.8 Å². The van der Waals surface area contributed by atoms with Gasteiger partial charge in [-0.15, -0.1) is 0 Å². The molecule has 1 saturated heterocycles. The van der Waals surface area contributed by atoms with Crippen LogP contribution in [0.5, 0.6) is 11.5 Å². The van der Waals surface area contributed by atoms with E-state index < -0.39 is 0 Å². The van der Waals surface area contributed by atoms with E-state index in [9.17, 15) is 4.79 Å². The zero-order valence-electron chi connectivity index (χ0n) is 14.4. The van der Waals surface area contributed by atoms with Crippen molar-refractivity contribution in [2.24, 2.45) is 0 Å². The first-order valence-electron chi connectivity index (χ1n) is 8.03. The Morgan fingerprint density at radius 2 is 2.04 bits per heavy atom. The molecule has 0 saturated carbocycles. The molecule has 1 aliphatic rings. The minimum absolute atomic E-state index is 0.00558. The molecule has 1 aromatic carbocycles. The fraction of sp³-hybridized carbons (Fsp3) is 0.588. The zero-order chi connectivity index (χ0) is 16.8. The number of nitrogens with zero attached hydrogens (tertiary/aromatic N) is 1. The van der Waals surface area contributed by atoms with Gasteiger partial charge in [0, 0.05) is 24.3 Å². The Kier molecular flexibility index (Phi) is 6.24. The first-order valence-corrected chi connectivity index (χ1v) is 8.03. The molecule has 2 rings (SSSR count). The van der Waals surface area contributed by atoms with Crippen LogP contribution in [0.4, 0.5) is 5.69 Å². The Bertz CT molecular complexity index is 536. The molecule has 128 valence electrons. The molecule has 0 spiro atoms. The first-order chi connectivity index (χ1) is 11.1. The van der Waals surface area contributed by atoms with E-state index in [0.717, 1.165) is 25.9 Å². The highest BCUT2D eigenvalue weighted by Gasteiger charge is 2.26. The van der Waals surface area contributed by atoms with Crippen molar-refractivity contribution in [2.75, 3.05) is 39.7 Å². The molecule has 0 aromatic heterocycles. The number of nitrogens with one attached hydrogen (secondary N) is 2. The Hall–Kier alpha value is -1.79. The smallest absolute Gasteiger partial charge is 0.241 e. The number of ether oxygens (including phenoxy) is 2. The lowest BCUT2D eigenvalue weighted by atomic mass is 10.0. The summed E-state index contributed by atoms with van der Waals surface area (Å²) in [7, 11) is 5.15. The van der Waals surface area contributed by atoms with E-state index in [1.165, 1.54) is 0 Å². The number of hydrogen-bond acceptors (Lipinski definition) is 5. The van der Waals surface area contributed by atoms with Crippen LogP contribution < -0.4 is 20.1 Å². The quantitative estimate of drug-likeness (QED) is 0.835.